The van der Waals surface area contributed by atoms with Gasteiger partial charge in [0.05, 0.1) is 21.0 Å². The maximum absolute atomic E-state index is 15.4. The number of alkyl halides is 3. The molecule has 2 fully saturated rings. The molecule has 10 nitrogen and oxygen atoms in total. The Labute approximate surface area is 303 Å². The van der Waals surface area contributed by atoms with Gasteiger partial charge >= 0.3 is 6.18 Å². The molecule has 0 aliphatic carbocycles. The van der Waals surface area contributed by atoms with Crippen molar-refractivity contribution >= 4 is 38.2 Å². The third-order valence-electron chi connectivity index (χ3n) is 9.66. The number of aromatic nitrogens is 3. The SMILES string of the molecule is C[C@@H]1CN(c2ccc(Nc3ncc4cc(-c5ccc(S(=O)(=O)c6ccccc6)cc5C(F)(F)F)c(=O)n(CC5CCOCC5)c4n3)cc2F)C[C@H](C)N1. The smallest absolute Gasteiger partial charge is 0.381 e. The molecule has 278 valence electrons. The molecule has 4 heterocycles. The Kier molecular flexibility index (Phi) is 10.00. The molecular formula is C38H38F4N6O4S. The highest BCUT2D eigenvalue weighted by Gasteiger charge is 2.36. The van der Waals surface area contributed by atoms with Crippen LogP contribution in [0, 0.1) is 11.7 Å². The van der Waals surface area contributed by atoms with Crippen LogP contribution in [0.5, 0.6) is 0 Å². The van der Waals surface area contributed by atoms with E-state index in [1.165, 1.54) is 47.2 Å². The zero-order valence-corrected chi connectivity index (χ0v) is 29.8. The summed E-state index contributed by atoms with van der Waals surface area (Å²) in [6, 6.07) is 16.3. The van der Waals surface area contributed by atoms with E-state index < -0.39 is 43.4 Å². The number of anilines is 3. The Morgan fingerprint density at radius 1 is 0.925 bits per heavy atom. The molecule has 2 atom stereocenters. The van der Waals surface area contributed by atoms with Crippen LogP contribution < -0.4 is 21.1 Å². The van der Waals surface area contributed by atoms with E-state index >= 15 is 4.39 Å². The molecule has 3 aromatic carbocycles. The van der Waals surface area contributed by atoms with E-state index in [-0.39, 0.29) is 52.0 Å². The monoisotopic (exact) mass is 750 g/mol. The average molecular weight is 751 g/mol. The van der Waals surface area contributed by atoms with Gasteiger partial charge in [-0.25, -0.2) is 17.8 Å². The van der Waals surface area contributed by atoms with Gasteiger partial charge in [0.15, 0.2) is 0 Å². The molecule has 5 aromatic rings. The van der Waals surface area contributed by atoms with Gasteiger partial charge in [-0.3, -0.25) is 9.36 Å². The maximum Gasteiger partial charge on any atom is 0.417 e. The molecule has 0 amide bonds. The standard InChI is InChI=1S/C38H38F4N6O4S/c1-23-20-47(21-24(2)44-23)34-11-8-27(17-33(34)39)45-37-43-19-26-16-31(36(49)48(35(26)46-37)22-25-12-14-52-15-13-25)30-10-9-29(18-32(30)38(40,41)42)53(50,51)28-6-4-3-5-7-28/h3-11,16-19,23-25,44H,12-15,20-22H2,1-2H3,(H,43,45,46)/t23-,24+. The van der Waals surface area contributed by atoms with Crippen molar-refractivity contribution in [3.05, 3.63) is 101 Å². The molecule has 0 bridgehead atoms. The molecule has 2 aliphatic heterocycles. The molecule has 0 radical (unpaired) electrons. The van der Waals surface area contributed by atoms with Crippen molar-refractivity contribution in [2.45, 2.75) is 61.3 Å². The molecule has 7 rings (SSSR count). The van der Waals surface area contributed by atoms with Crippen LogP contribution in [-0.4, -0.2) is 61.3 Å². The number of piperazine rings is 1. The lowest BCUT2D eigenvalue weighted by Crippen LogP contribution is -2.54. The van der Waals surface area contributed by atoms with E-state index in [0.29, 0.717) is 56.6 Å². The summed E-state index contributed by atoms with van der Waals surface area (Å²) in [4.78, 5) is 24.6. The van der Waals surface area contributed by atoms with Crippen LogP contribution >= 0.6 is 0 Å². The lowest BCUT2D eigenvalue weighted by atomic mass is 9.98. The molecule has 2 saturated heterocycles. The molecule has 2 aromatic heterocycles. The number of rotatable bonds is 8. The van der Waals surface area contributed by atoms with E-state index in [4.69, 9.17) is 4.74 Å². The van der Waals surface area contributed by atoms with Gasteiger partial charge in [-0.05, 0) is 86.7 Å². The highest BCUT2D eigenvalue weighted by atomic mass is 32.2. The lowest BCUT2D eigenvalue weighted by molar-refractivity contribution is -0.137. The zero-order chi connectivity index (χ0) is 37.5. The summed E-state index contributed by atoms with van der Waals surface area (Å²) in [5.41, 5.74) is -1.72. The van der Waals surface area contributed by atoms with E-state index in [1.807, 2.05) is 18.7 Å². The zero-order valence-electron chi connectivity index (χ0n) is 29.0. The summed E-state index contributed by atoms with van der Waals surface area (Å²) in [6.45, 7) is 6.48. The Hall–Kier alpha value is -4.86. The number of ether oxygens (including phenoxy) is 1. The second-order valence-electron chi connectivity index (χ2n) is 13.7. The fraction of sp³-hybridized carbons (Fsp3) is 0.342. The maximum atomic E-state index is 15.4. The molecular weight excluding hydrogens is 713 g/mol. The van der Waals surface area contributed by atoms with E-state index in [2.05, 4.69) is 20.6 Å². The van der Waals surface area contributed by atoms with Crippen molar-refractivity contribution in [1.29, 1.82) is 0 Å². The Balaban J connectivity index is 1.29. The summed E-state index contributed by atoms with van der Waals surface area (Å²) in [7, 11) is -4.29. The minimum atomic E-state index is -5.00. The number of nitrogens with zero attached hydrogens (tertiary/aromatic N) is 4. The fourth-order valence-electron chi connectivity index (χ4n) is 7.16. The summed E-state index contributed by atoms with van der Waals surface area (Å²) in [6.07, 6.45) is -2.35. The fourth-order valence-corrected chi connectivity index (χ4v) is 8.47. The number of hydrogen-bond acceptors (Lipinski definition) is 9. The van der Waals surface area contributed by atoms with Crippen molar-refractivity contribution in [2.75, 3.05) is 36.5 Å². The Bertz CT molecular complexity index is 2300. The van der Waals surface area contributed by atoms with Crippen LogP contribution in [0.25, 0.3) is 22.2 Å². The molecule has 15 heteroatoms. The first-order valence-corrected chi connectivity index (χ1v) is 18.8. The average Bonchev–Trinajstić information content (AvgIpc) is 3.12. The number of fused-ring (bicyclic) bond motifs is 1. The summed E-state index contributed by atoms with van der Waals surface area (Å²) in [5, 5.41) is 6.73. The lowest BCUT2D eigenvalue weighted by Gasteiger charge is -2.37. The van der Waals surface area contributed by atoms with Crippen LogP contribution in [0.4, 0.5) is 34.9 Å². The molecule has 53 heavy (non-hydrogen) atoms. The summed E-state index contributed by atoms with van der Waals surface area (Å²) in [5.74, 6) is -0.390. The second kappa shape index (κ2) is 14.5. The van der Waals surface area contributed by atoms with Gasteiger partial charge in [0.2, 0.25) is 15.8 Å². The van der Waals surface area contributed by atoms with E-state index in [0.717, 1.165) is 12.1 Å². The van der Waals surface area contributed by atoms with Crippen molar-refractivity contribution in [3.8, 4) is 11.1 Å². The second-order valence-corrected chi connectivity index (χ2v) is 15.6. The Morgan fingerprint density at radius 2 is 1.64 bits per heavy atom. The van der Waals surface area contributed by atoms with Crippen molar-refractivity contribution < 1.29 is 30.7 Å². The minimum Gasteiger partial charge on any atom is -0.381 e. The number of pyridine rings is 1. The van der Waals surface area contributed by atoms with Crippen LogP contribution in [0.2, 0.25) is 0 Å². The van der Waals surface area contributed by atoms with Gasteiger partial charge in [0.1, 0.15) is 11.5 Å². The van der Waals surface area contributed by atoms with Crippen molar-refractivity contribution in [3.63, 3.8) is 0 Å². The van der Waals surface area contributed by atoms with Crippen LogP contribution in [0.15, 0.2) is 93.6 Å². The number of halogens is 4. The largest absolute Gasteiger partial charge is 0.417 e. The quantitative estimate of drug-likeness (QED) is 0.165. The van der Waals surface area contributed by atoms with Crippen LogP contribution in [-0.2, 0) is 27.3 Å². The highest BCUT2D eigenvalue weighted by Crippen LogP contribution is 2.39. The molecule has 0 saturated carbocycles. The number of sulfone groups is 1. The topological polar surface area (TPSA) is 118 Å². The minimum absolute atomic E-state index is 0.0242. The molecule has 2 N–H and O–H groups in total. The number of nitrogens with one attached hydrogen (secondary N) is 2. The molecule has 0 unspecified atom stereocenters. The van der Waals surface area contributed by atoms with Crippen molar-refractivity contribution in [2.24, 2.45) is 5.92 Å². The normalized spacial score (nSPS) is 18.7. The first-order valence-electron chi connectivity index (χ1n) is 17.4. The van der Waals surface area contributed by atoms with Gasteiger partial charge in [-0.1, -0.05) is 24.3 Å². The molecule has 0 spiro atoms. The first kappa shape index (κ1) is 36.5. The third-order valence-corrected chi connectivity index (χ3v) is 11.4. The van der Waals surface area contributed by atoms with Gasteiger partial charge in [0.25, 0.3) is 5.56 Å². The van der Waals surface area contributed by atoms with Crippen molar-refractivity contribution in [1.82, 2.24) is 19.9 Å². The van der Waals surface area contributed by atoms with Crippen LogP contribution in [0.1, 0.15) is 32.3 Å². The van der Waals surface area contributed by atoms with Gasteiger partial charge < -0.3 is 20.3 Å². The molecule has 2 aliphatic rings. The van der Waals surface area contributed by atoms with E-state index in [9.17, 15) is 26.4 Å². The summed E-state index contributed by atoms with van der Waals surface area (Å²) < 4.78 is 92.9. The summed E-state index contributed by atoms with van der Waals surface area (Å²) >= 11 is 0. The van der Waals surface area contributed by atoms with Gasteiger partial charge in [-0.15, -0.1) is 0 Å². The van der Waals surface area contributed by atoms with Gasteiger partial charge in [0, 0.05) is 67.8 Å². The third kappa shape index (κ3) is 7.64. The predicted molar refractivity (Wildman–Crippen MR) is 194 cm³/mol. The number of hydrogen-bond donors (Lipinski definition) is 2. The Morgan fingerprint density at radius 3 is 2.32 bits per heavy atom. The van der Waals surface area contributed by atoms with Gasteiger partial charge in [-0.2, -0.15) is 18.2 Å². The predicted octanol–water partition coefficient (Wildman–Crippen LogP) is 6.81. The van der Waals surface area contributed by atoms with E-state index in [1.54, 1.807) is 18.2 Å². The number of benzene rings is 3. The van der Waals surface area contributed by atoms with Crippen LogP contribution in [0.3, 0.4) is 0 Å². The highest BCUT2D eigenvalue weighted by molar-refractivity contribution is 7.91. The first-order chi connectivity index (χ1) is 25.3.